The molecule has 0 spiro atoms. The number of carbonyl (C=O) groups is 1. The SMILES string of the molecule is CC1=CC(C)(C)N(C(C)C)c2ccc(/C=N/NC(=O)c3cc(Br)cc(Br)c3O)cc21. The standard InChI is InChI=1S/C23H25Br2N3O2/c1-13(2)28-20-7-6-15(8-17(20)14(3)11-23(28,4)5)12-26-27-22(30)18-9-16(24)10-19(25)21(18)29/h6-13,29H,1-5H3,(H,27,30)/b26-12+. The summed E-state index contributed by atoms with van der Waals surface area (Å²) >= 11 is 6.54. The van der Waals surface area contributed by atoms with E-state index in [1.54, 1.807) is 18.3 Å². The van der Waals surface area contributed by atoms with Gasteiger partial charge in [-0.05, 0) is 86.0 Å². The number of phenols is 1. The first-order chi connectivity index (χ1) is 14.0. The largest absolute Gasteiger partial charge is 0.506 e. The molecule has 0 aromatic heterocycles. The lowest BCUT2D eigenvalue weighted by atomic mass is 9.87. The zero-order valence-corrected chi connectivity index (χ0v) is 20.8. The lowest BCUT2D eigenvalue weighted by molar-refractivity contribution is 0.0952. The molecule has 2 aromatic rings. The van der Waals surface area contributed by atoms with Gasteiger partial charge in [-0.2, -0.15) is 5.10 Å². The van der Waals surface area contributed by atoms with Gasteiger partial charge < -0.3 is 10.0 Å². The van der Waals surface area contributed by atoms with Gasteiger partial charge in [-0.1, -0.05) is 28.1 Å². The number of amides is 1. The number of phenolic OH excluding ortho intramolecular Hbond substituents is 1. The summed E-state index contributed by atoms with van der Waals surface area (Å²) in [6.07, 6.45) is 3.89. The maximum absolute atomic E-state index is 12.4. The lowest BCUT2D eigenvalue weighted by Gasteiger charge is -2.46. The molecule has 3 rings (SSSR count). The van der Waals surface area contributed by atoms with Crippen LogP contribution in [0.2, 0.25) is 0 Å². The number of nitrogens with one attached hydrogen (secondary N) is 1. The van der Waals surface area contributed by atoms with Crippen molar-refractivity contribution in [1.82, 2.24) is 5.43 Å². The van der Waals surface area contributed by atoms with Crippen LogP contribution in [-0.4, -0.2) is 28.8 Å². The molecule has 0 saturated carbocycles. The van der Waals surface area contributed by atoms with Gasteiger partial charge in [-0.25, -0.2) is 5.43 Å². The van der Waals surface area contributed by atoms with E-state index in [4.69, 9.17) is 0 Å². The Morgan fingerprint density at radius 2 is 1.93 bits per heavy atom. The number of anilines is 1. The van der Waals surface area contributed by atoms with Crippen LogP contribution in [0.15, 0.2) is 50.5 Å². The van der Waals surface area contributed by atoms with Crippen LogP contribution in [0.5, 0.6) is 5.75 Å². The van der Waals surface area contributed by atoms with Gasteiger partial charge in [-0.15, -0.1) is 0 Å². The summed E-state index contributed by atoms with van der Waals surface area (Å²) in [6.45, 7) is 11.0. The molecule has 30 heavy (non-hydrogen) atoms. The molecule has 158 valence electrons. The predicted octanol–water partition coefficient (Wildman–Crippen LogP) is 6.09. The van der Waals surface area contributed by atoms with E-state index in [9.17, 15) is 9.90 Å². The molecule has 2 aromatic carbocycles. The normalized spacial score (nSPS) is 15.3. The second-order valence-electron chi connectivity index (χ2n) is 8.20. The van der Waals surface area contributed by atoms with Crippen molar-refractivity contribution in [1.29, 1.82) is 0 Å². The van der Waals surface area contributed by atoms with Crippen LogP contribution in [0.3, 0.4) is 0 Å². The first-order valence-corrected chi connectivity index (χ1v) is 11.2. The Bertz CT molecular complexity index is 1060. The van der Waals surface area contributed by atoms with Crippen molar-refractivity contribution in [2.45, 2.75) is 46.2 Å². The molecule has 1 heterocycles. The van der Waals surface area contributed by atoms with Crippen molar-refractivity contribution in [3.63, 3.8) is 0 Å². The topological polar surface area (TPSA) is 64.9 Å². The summed E-state index contributed by atoms with van der Waals surface area (Å²) in [5, 5.41) is 14.2. The molecule has 0 bridgehead atoms. The predicted molar refractivity (Wildman–Crippen MR) is 130 cm³/mol. The van der Waals surface area contributed by atoms with Crippen LogP contribution in [0, 0.1) is 0 Å². The summed E-state index contributed by atoms with van der Waals surface area (Å²) in [6, 6.07) is 9.74. The highest BCUT2D eigenvalue weighted by Crippen LogP contribution is 2.40. The Labute approximate surface area is 194 Å². The van der Waals surface area contributed by atoms with Crippen LogP contribution in [0.1, 0.15) is 56.1 Å². The monoisotopic (exact) mass is 533 g/mol. The molecule has 1 aliphatic heterocycles. The summed E-state index contributed by atoms with van der Waals surface area (Å²) in [7, 11) is 0. The molecule has 5 nitrogen and oxygen atoms in total. The molecule has 2 N–H and O–H groups in total. The van der Waals surface area contributed by atoms with Gasteiger partial charge in [0, 0.05) is 21.8 Å². The van der Waals surface area contributed by atoms with Crippen LogP contribution < -0.4 is 10.3 Å². The maximum atomic E-state index is 12.4. The Balaban J connectivity index is 1.83. The number of hydrogen-bond donors (Lipinski definition) is 2. The molecule has 0 saturated heterocycles. The summed E-state index contributed by atoms with van der Waals surface area (Å²) in [5.41, 5.74) is 7.00. The number of rotatable bonds is 4. The van der Waals surface area contributed by atoms with Crippen LogP contribution >= 0.6 is 31.9 Å². The number of allylic oxidation sites excluding steroid dienone is 1. The van der Waals surface area contributed by atoms with Gasteiger partial charge in [-0.3, -0.25) is 4.79 Å². The smallest absolute Gasteiger partial charge is 0.275 e. The fourth-order valence-electron chi connectivity index (χ4n) is 4.06. The fourth-order valence-corrected chi connectivity index (χ4v) is 5.28. The first kappa shape index (κ1) is 22.6. The number of halogens is 2. The number of carbonyl (C=O) groups excluding carboxylic acids is 1. The minimum absolute atomic E-state index is 0.0605. The van der Waals surface area contributed by atoms with Gasteiger partial charge in [0.15, 0.2) is 0 Å². The molecule has 1 aliphatic rings. The van der Waals surface area contributed by atoms with E-state index < -0.39 is 5.91 Å². The first-order valence-electron chi connectivity index (χ1n) is 9.66. The maximum Gasteiger partial charge on any atom is 0.275 e. The highest BCUT2D eigenvalue weighted by molar-refractivity contribution is 9.11. The van der Waals surface area contributed by atoms with Crippen molar-refractivity contribution in [3.05, 3.63) is 62.0 Å². The molecular weight excluding hydrogens is 510 g/mol. The molecule has 0 unspecified atom stereocenters. The van der Waals surface area contributed by atoms with Crippen molar-refractivity contribution in [2.75, 3.05) is 4.90 Å². The Morgan fingerprint density at radius 3 is 2.60 bits per heavy atom. The molecule has 1 amide bonds. The van der Waals surface area contributed by atoms with Gasteiger partial charge >= 0.3 is 0 Å². The van der Waals surface area contributed by atoms with Gasteiger partial charge in [0.2, 0.25) is 0 Å². The van der Waals surface area contributed by atoms with Crippen molar-refractivity contribution < 1.29 is 9.90 Å². The highest BCUT2D eigenvalue weighted by Gasteiger charge is 2.32. The third-order valence-corrected chi connectivity index (χ3v) is 6.13. The van der Waals surface area contributed by atoms with Gasteiger partial charge in [0.25, 0.3) is 5.91 Å². The summed E-state index contributed by atoms with van der Waals surface area (Å²) < 4.78 is 1.11. The second kappa shape index (κ2) is 8.55. The quantitative estimate of drug-likeness (QED) is 0.368. The Hall–Kier alpha value is -2.12. The highest BCUT2D eigenvalue weighted by atomic mass is 79.9. The summed E-state index contributed by atoms with van der Waals surface area (Å²) in [5.74, 6) is -0.621. The van der Waals surface area contributed by atoms with Crippen molar-refractivity contribution in [2.24, 2.45) is 5.10 Å². The van der Waals surface area contributed by atoms with Gasteiger partial charge in [0.1, 0.15) is 5.75 Å². The second-order valence-corrected chi connectivity index (χ2v) is 9.97. The number of fused-ring (bicyclic) bond motifs is 1. The zero-order valence-electron chi connectivity index (χ0n) is 17.6. The van der Waals surface area contributed by atoms with E-state index in [0.717, 1.165) is 11.1 Å². The third kappa shape index (κ3) is 4.47. The third-order valence-electron chi connectivity index (χ3n) is 5.06. The lowest BCUT2D eigenvalue weighted by Crippen LogP contribution is -2.49. The number of benzene rings is 2. The molecule has 0 aliphatic carbocycles. The molecule has 0 atom stereocenters. The number of hydrazone groups is 1. The number of nitrogens with zero attached hydrogens (tertiary/aromatic N) is 2. The van der Waals surface area contributed by atoms with E-state index in [1.165, 1.54) is 11.3 Å². The van der Waals surface area contributed by atoms with Crippen LogP contribution in [0.25, 0.3) is 5.57 Å². The summed E-state index contributed by atoms with van der Waals surface area (Å²) in [4.78, 5) is 14.8. The van der Waals surface area contributed by atoms with Crippen molar-refractivity contribution in [3.8, 4) is 5.75 Å². The Morgan fingerprint density at radius 1 is 1.23 bits per heavy atom. The van der Waals surface area contributed by atoms with E-state index in [-0.39, 0.29) is 16.9 Å². The average molecular weight is 535 g/mol. The average Bonchev–Trinajstić information content (AvgIpc) is 2.63. The number of aromatic hydroxyl groups is 1. The van der Waals surface area contributed by atoms with Crippen LogP contribution in [0.4, 0.5) is 5.69 Å². The molecular formula is C23H25Br2N3O2. The van der Waals surface area contributed by atoms with E-state index in [1.807, 2.05) is 6.07 Å². The van der Waals surface area contributed by atoms with E-state index >= 15 is 0 Å². The molecule has 0 radical (unpaired) electrons. The molecule has 7 heteroatoms. The van der Waals surface area contributed by atoms with Gasteiger partial charge in [0.05, 0.1) is 21.8 Å². The van der Waals surface area contributed by atoms with E-state index in [0.29, 0.717) is 15.0 Å². The molecule has 0 fully saturated rings. The fraction of sp³-hybridized carbons (Fsp3) is 0.304. The van der Waals surface area contributed by atoms with Crippen molar-refractivity contribution >= 4 is 55.2 Å². The minimum atomic E-state index is -0.493. The van der Waals surface area contributed by atoms with Crippen LogP contribution in [-0.2, 0) is 0 Å². The zero-order chi connectivity index (χ0) is 22.2. The Kier molecular flexibility index (Phi) is 6.43. The number of hydrogen-bond acceptors (Lipinski definition) is 4. The minimum Gasteiger partial charge on any atom is -0.506 e. The van der Waals surface area contributed by atoms with E-state index in [2.05, 4.69) is 100 Å².